The normalized spacial score (nSPS) is 11.4. The lowest BCUT2D eigenvalue weighted by atomic mass is 9.66. The second kappa shape index (κ2) is 8.64. The number of hydrogen-bond acceptors (Lipinski definition) is 1. The predicted octanol–water partition coefficient (Wildman–Crippen LogP) is 5.54. The zero-order chi connectivity index (χ0) is 17.4. The molecule has 2 N–H and O–H groups in total. The monoisotopic (exact) mass is 329 g/mol. The van der Waals surface area contributed by atoms with Gasteiger partial charge < -0.3 is 5.73 Å². The lowest BCUT2D eigenvalue weighted by Gasteiger charge is -2.36. The molecule has 0 saturated heterocycles. The number of nitrogens with two attached hydrogens (primary N) is 1. The van der Waals surface area contributed by atoms with Crippen molar-refractivity contribution in [2.75, 3.05) is 6.54 Å². The molecule has 128 valence electrons. The number of hydrogen-bond donors (Lipinski definition) is 1. The van der Waals surface area contributed by atoms with Gasteiger partial charge in [0.2, 0.25) is 0 Å². The van der Waals surface area contributed by atoms with Gasteiger partial charge in [0.1, 0.15) is 0 Å². The standard InChI is InChI=1S/C24H27N/c25-20-12-4-11-19-24(21-13-5-1-6-14-21,22-15-7-2-8-16-22)23-17-9-3-10-18-23/h1-3,5-10,13-18H,4,11-12,19-20,25H2. The highest BCUT2D eigenvalue weighted by atomic mass is 14.5. The molecular formula is C24H27N. The second-order valence-corrected chi connectivity index (χ2v) is 6.60. The first-order valence-electron chi connectivity index (χ1n) is 9.24. The molecule has 25 heavy (non-hydrogen) atoms. The Bertz CT molecular complexity index is 638. The molecule has 0 atom stereocenters. The van der Waals surface area contributed by atoms with Gasteiger partial charge in [0.15, 0.2) is 0 Å². The van der Waals surface area contributed by atoms with Crippen LogP contribution in [0.15, 0.2) is 91.0 Å². The summed E-state index contributed by atoms with van der Waals surface area (Å²) >= 11 is 0. The Morgan fingerprint density at radius 2 is 0.920 bits per heavy atom. The quantitative estimate of drug-likeness (QED) is 0.426. The van der Waals surface area contributed by atoms with E-state index in [-0.39, 0.29) is 5.41 Å². The maximum absolute atomic E-state index is 5.71. The first kappa shape index (κ1) is 17.4. The maximum atomic E-state index is 5.71. The number of unbranched alkanes of at least 4 members (excludes halogenated alkanes) is 2. The zero-order valence-corrected chi connectivity index (χ0v) is 14.8. The molecule has 0 aliphatic heterocycles. The predicted molar refractivity (Wildman–Crippen MR) is 107 cm³/mol. The summed E-state index contributed by atoms with van der Waals surface area (Å²) in [6.07, 6.45) is 4.51. The van der Waals surface area contributed by atoms with Crippen molar-refractivity contribution in [2.24, 2.45) is 5.73 Å². The van der Waals surface area contributed by atoms with Crippen molar-refractivity contribution in [3.8, 4) is 0 Å². The fraction of sp³-hybridized carbons (Fsp3) is 0.250. The molecule has 3 rings (SSSR count). The molecule has 0 fully saturated rings. The first-order chi connectivity index (χ1) is 12.4. The summed E-state index contributed by atoms with van der Waals surface area (Å²) in [6.45, 7) is 0.773. The lowest BCUT2D eigenvalue weighted by molar-refractivity contribution is 0.511. The maximum Gasteiger partial charge on any atom is 0.0451 e. The Morgan fingerprint density at radius 3 is 1.28 bits per heavy atom. The molecule has 3 aromatic carbocycles. The van der Waals surface area contributed by atoms with E-state index in [1.807, 2.05) is 0 Å². The van der Waals surface area contributed by atoms with Crippen LogP contribution in [-0.2, 0) is 5.41 Å². The topological polar surface area (TPSA) is 26.0 Å². The van der Waals surface area contributed by atoms with Gasteiger partial charge >= 0.3 is 0 Å². The van der Waals surface area contributed by atoms with Gasteiger partial charge in [0.05, 0.1) is 0 Å². The van der Waals surface area contributed by atoms with Crippen molar-refractivity contribution in [1.82, 2.24) is 0 Å². The fourth-order valence-electron chi connectivity index (χ4n) is 3.81. The Balaban J connectivity index is 2.13. The van der Waals surface area contributed by atoms with Gasteiger partial charge in [0, 0.05) is 5.41 Å². The molecular weight excluding hydrogens is 302 g/mol. The third-order valence-corrected chi connectivity index (χ3v) is 5.06. The van der Waals surface area contributed by atoms with Crippen molar-refractivity contribution in [2.45, 2.75) is 31.1 Å². The average Bonchev–Trinajstić information content (AvgIpc) is 2.70. The molecule has 0 heterocycles. The van der Waals surface area contributed by atoms with Crippen LogP contribution in [-0.4, -0.2) is 6.54 Å². The molecule has 0 aliphatic carbocycles. The van der Waals surface area contributed by atoms with E-state index in [2.05, 4.69) is 91.0 Å². The van der Waals surface area contributed by atoms with Crippen molar-refractivity contribution in [3.63, 3.8) is 0 Å². The van der Waals surface area contributed by atoms with Gasteiger partial charge in [0.25, 0.3) is 0 Å². The molecule has 0 amide bonds. The van der Waals surface area contributed by atoms with Crippen LogP contribution in [0.4, 0.5) is 0 Å². The van der Waals surface area contributed by atoms with Gasteiger partial charge in [-0.15, -0.1) is 0 Å². The van der Waals surface area contributed by atoms with E-state index in [0.29, 0.717) is 0 Å². The first-order valence-corrected chi connectivity index (χ1v) is 9.24. The molecule has 0 saturated carbocycles. The highest BCUT2D eigenvalue weighted by Crippen LogP contribution is 2.43. The van der Waals surface area contributed by atoms with Crippen LogP contribution >= 0.6 is 0 Å². The number of rotatable bonds is 8. The summed E-state index contributed by atoms with van der Waals surface area (Å²) in [4.78, 5) is 0. The summed E-state index contributed by atoms with van der Waals surface area (Å²) in [7, 11) is 0. The zero-order valence-electron chi connectivity index (χ0n) is 14.8. The van der Waals surface area contributed by atoms with E-state index in [9.17, 15) is 0 Å². The van der Waals surface area contributed by atoms with Crippen molar-refractivity contribution in [3.05, 3.63) is 108 Å². The molecule has 0 radical (unpaired) electrons. The van der Waals surface area contributed by atoms with Crippen molar-refractivity contribution in [1.29, 1.82) is 0 Å². The Hall–Kier alpha value is -2.38. The van der Waals surface area contributed by atoms with Crippen molar-refractivity contribution >= 4 is 0 Å². The van der Waals surface area contributed by atoms with Gasteiger partial charge in [-0.2, -0.15) is 0 Å². The number of benzene rings is 3. The highest BCUT2D eigenvalue weighted by molar-refractivity contribution is 5.50. The van der Waals surface area contributed by atoms with E-state index in [1.165, 1.54) is 23.1 Å². The third-order valence-electron chi connectivity index (χ3n) is 5.06. The fourth-order valence-corrected chi connectivity index (χ4v) is 3.81. The lowest BCUT2D eigenvalue weighted by Crippen LogP contribution is -2.29. The van der Waals surface area contributed by atoms with Crippen molar-refractivity contribution < 1.29 is 0 Å². The van der Waals surface area contributed by atoms with E-state index in [1.54, 1.807) is 0 Å². The highest BCUT2D eigenvalue weighted by Gasteiger charge is 2.35. The van der Waals surface area contributed by atoms with Crippen LogP contribution < -0.4 is 5.73 Å². The molecule has 0 spiro atoms. The van der Waals surface area contributed by atoms with E-state index in [0.717, 1.165) is 25.8 Å². The SMILES string of the molecule is NCCCCCC(c1ccccc1)(c1ccccc1)c1ccccc1. The van der Waals surface area contributed by atoms with Crippen LogP contribution in [0.3, 0.4) is 0 Å². The van der Waals surface area contributed by atoms with E-state index in [4.69, 9.17) is 5.73 Å². The Kier molecular flexibility index (Phi) is 6.03. The van der Waals surface area contributed by atoms with Crippen LogP contribution in [0, 0.1) is 0 Å². The average molecular weight is 329 g/mol. The second-order valence-electron chi connectivity index (χ2n) is 6.60. The Morgan fingerprint density at radius 1 is 0.520 bits per heavy atom. The molecule has 1 nitrogen and oxygen atoms in total. The van der Waals surface area contributed by atoms with E-state index < -0.39 is 0 Å². The summed E-state index contributed by atoms with van der Waals surface area (Å²) in [5.41, 5.74) is 9.68. The van der Waals surface area contributed by atoms with Gasteiger partial charge in [-0.25, -0.2) is 0 Å². The summed E-state index contributed by atoms with van der Waals surface area (Å²) in [5.74, 6) is 0. The minimum atomic E-state index is -0.113. The molecule has 0 aromatic heterocycles. The van der Waals surface area contributed by atoms with Crippen LogP contribution in [0.2, 0.25) is 0 Å². The summed E-state index contributed by atoms with van der Waals surface area (Å²) < 4.78 is 0. The van der Waals surface area contributed by atoms with E-state index >= 15 is 0 Å². The minimum Gasteiger partial charge on any atom is -0.330 e. The molecule has 0 unspecified atom stereocenters. The van der Waals surface area contributed by atoms with Gasteiger partial charge in [-0.3, -0.25) is 0 Å². The molecule has 0 bridgehead atoms. The largest absolute Gasteiger partial charge is 0.330 e. The summed E-state index contributed by atoms with van der Waals surface area (Å²) in [5, 5.41) is 0. The third kappa shape index (κ3) is 3.83. The molecule has 1 heteroatoms. The van der Waals surface area contributed by atoms with Crippen LogP contribution in [0.25, 0.3) is 0 Å². The molecule has 0 aliphatic rings. The summed E-state index contributed by atoms with van der Waals surface area (Å²) in [6, 6.07) is 32.8. The smallest absolute Gasteiger partial charge is 0.0451 e. The minimum absolute atomic E-state index is 0.113. The van der Waals surface area contributed by atoms with Gasteiger partial charge in [-0.05, 0) is 36.1 Å². The molecule has 3 aromatic rings. The van der Waals surface area contributed by atoms with Gasteiger partial charge in [-0.1, -0.05) is 104 Å². The Labute approximate surface area is 151 Å². The van der Waals surface area contributed by atoms with Crippen LogP contribution in [0.1, 0.15) is 42.4 Å². The van der Waals surface area contributed by atoms with Crippen LogP contribution in [0.5, 0.6) is 0 Å².